The normalized spacial score (nSPS) is 16.0. The summed E-state index contributed by atoms with van der Waals surface area (Å²) in [7, 11) is 0. The second-order valence-electron chi connectivity index (χ2n) is 5.61. The van der Waals surface area contributed by atoms with E-state index in [-0.39, 0.29) is 30.3 Å². The van der Waals surface area contributed by atoms with Crippen LogP contribution < -0.4 is 10.6 Å². The second-order valence-corrected chi connectivity index (χ2v) is 5.61. The zero-order valence-electron chi connectivity index (χ0n) is 12.8. The summed E-state index contributed by atoms with van der Waals surface area (Å²) >= 11 is 0. The lowest BCUT2D eigenvalue weighted by molar-refractivity contribution is -0.126. The van der Waals surface area contributed by atoms with Crippen molar-refractivity contribution in [2.75, 3.05) is 5.32 Å². The number of carboxylic acids is 1. The van der Waals surface area contributed by atoms with Gasteiger partial charge in [-0.2, -0.15) is 0 Å². The molecule has 6 nitrogen and oxygen atoms in total. The van der Waals surface area contributed by atoms with Crippen LogP contribution in [0.3, 0.4) is 0 Å². The average Bonchev–Trinajstić information content (AvgIpc) is 2.59. The molecule has 0 saturated carbocycles. The number of fused-ring (bicyclic) bond motifs is 1. The Balaban J connectivity index is 1.69. The first-order valence-electron chi connectivity index (χ1n) is 7.53. The van der Waals surface area contributed by atoms with Gasteiger partial charge in [-0.3, -0.25) is 9.59 Å². The molecule has 1 atom stereocenters. The minimum atomic E-state index is -0.990. The van der Waals surface area contributed by atoms with Crippen molar-refractivity contribution in [1.29, 1.82) is 0 Å². The van der Waals surface area contributed by atoms with E-state index in [0.29, 0.717) is 5.69 Å². The first-order valence-corrected chi connectivity index (χ1v) is 7.53. The zero-order chi connectivity index (χ0) is 17.1. The van der Waals surface area contributed by atoms with Crippen molar-refractivity contribution in [3.05, 3.63) is 65.2 Å². The quantitative estimate of drug-likeness (QED) is 0.803. The van der Waals surface area contributed by atoms with E-state index >= 15 is 0 Å². The van der Waals surface area contributed by atoms with E-state index in [0.717, 1.165) is 11.1 Å². The predicted molar refractivity (Wildman–Crippen MR) is 87.7 cm³/mol. The van der Waals surface area contributed by atoms with Crippen LogP contribution in [0.1, 0.15) is 33.8 Å². The number of amides is 2. The predicted octanol–water partition coefficient (Wildman–Crippen LogP) is 2.13. The molecule has 0 unspecified atom stereocenters. The molecule has 3 rings (SSSR count). The first kappa shape index (κ1) is 15.7. The summed E-state index contributed by atoms with van der Waals surface area (Å²) in [6.45, 7) is 0.277. The van der Waals surface area contributed by atoms with E-state index in [9.17, 15) is 14.4 Å². The summed E-state index contributed by atoms with van der Waals surface area (Å²) in [6, 6.07) is 13.6. The SMILES string of the molecule is O=C1C[C@H](C(=O)NCc2ccc(C(=O)O)cc2)c2ccccc2N1. The van der Waals surface area contributed by atoms with E-state index in [4.69, 9.17) is 5.11 Å². The van der Waals surface area contributed by atoms with Crippen molar-refractivity contribution >= 4 is 23.5 Å². The van der Waals surface area contributed by atoms with Gasteiger partial charge in [-0.15, -0.1) is 0 Å². The molecule has 0 aliphatic carbocycles. The molecule has 3 N–H and O–H groups in total. The van der Waals surface area contributed by atoms with Gasteiger partial charge in [0.25, 0.3) is 0 Å². The maximum atomic E-state index is 12.5. The van der Waals surface area contributed by atoms with Crippen LogP contribution in [0.5, 0.6) is 0 Å². The highest BCUT2D eigenvalue weighted by molar-refractivity contribution is 6.01. The third kappa shape index (κ3) is 3.27. The number of carbonyl (C=O) groups excluding carboxylic acids is 2. The van der Waals surface area contributed by atoms with Crippen LogP contribution in [0.2, 0.25) is 0 Å². The van der Waals surface area contributed by atoms with Crippen LogP contribution in [0.15, 0.2) is 48.5 Å². The van der Waals surface area contributed by atoms with Crippen LogP contribution in [-0.4, -0.2) is 22.9 Å². The molecular weight excluding hydrogens is 308 g/mol. The minimum absolute atomic E-state index is 0.112. The number of nitrogens with one attached hydrogen (secondary N) is 2. The number of benzene rings is 2. The second kappa shape index (κ2) is 6.54. The highest BCUT2D eigenvalue weighted by atomic mass is 16.4. The fraction of sp³-hybridized carbons (Fsp3) is 0.167. The van der Waals surface area contributed by atoms with Crippen molar-refractivity contribution < 1.29 is 19.5 Å². The topological polar surface area (TPSA) is 95.5 Å². The van der Waals surface area contributed by atoms with Crippen LogP contribution in [0.4, 0.5) is 5.69 Å². The van der Waals surface area contributed by atoms with Crippen molar-refractivity contribution in [2.45, 2.75) is 18.9 Å². The van der Waals surface area contributed by atoms with E-state index in [1.54, 1.807) is 18.2 Å². The smallest absolute Gasteiger partial charge is 0.335 e. The van der Waals surface area contributed by atoms with Gasteiger partial charge in [0, 0.05) is 18.7 Å². The Kier molecular flexibility index (Phi) is 4.29. The molecule has 0 radical (unpaired) electrons. The Labute approximate surface area is 138 Å². The number of carboxylic acid groups (broad SMARTS) is 1. The van der Waals surface area contributed by atoms with E-state index < -0.39 is 11.9 Å². The van der Waals surface area contributed by atoms with Gasteiger partial charge in [0.15, 0.2) is 0 Å². The van der Waals surface area contributed by atoms with Crippen molar-refractivity contribution in [3.8, 4) is 0 Å². The fourth-order valence-corrected chi connectivity index (χ4v) is 2.72. The molecule has 0 spiro atoms. The summed E-state index contributed by atoms with van der Waals surface area (Å²) in [6.07, 6.45) is 0.112. The summed E-state index contributed by atoms with van der Waals surface area (Å²) in [4.78, 5) is 35.1. The summed E-state index contributed by atoms with van der Waals surface area (Å²) in [5.41, 5.74) is 2.46. The molecule has 0 bridgehead atoms. The van der Waals surface area contributed by atoms with Gasteiger partial charge in [0.1, 0.15) is 0 Å². The molecule has 0 saturated heterocycles. The van der Waals surface area contributed by atoms with Crippen LogP contribution >= 0.6 is 0 Å². The molecular formula is C18H16N2O4. The van der Waals surface area contributed by atoms with E-state index in [1.165, 1.54) is 12.1 Å². The Morgan fingerprint density at radius 3 is 2.54 bits per heavy atom. The third-order valence-corrected chi connectivity index (χ3v) is 3.98. The fourth-order valence-electron chi connectivity index (χ4n) is 2.72. The van der Waals surface area contributed by atoms with Crippen molar-refractivity contribution in [3.63, 3.8) is 0 Å². The van der Waals surface area contributed by atoms with Crippen molar-refractivity contribution in [1.82, 2.24) is 5.32 Å². The molecule has 122 valence electrons. The Hall–Kier alpha value is -3.15. The summed E-state index contributed by atoms with van der Waals surface area (Å²) in [5.74, 6) is -1.91. The zero-order valence-corrected chi connectivity index (χ0v) is 12.8. The third-order valence-electron chi connectivity index (χ3n) is 3.98. The number of rotatable bonds is 4. The van der Waals surface area contributed by atoms with Gasteiger partial charge in [-0.05, 0) is 29.3 Å². The molecule has 0 fully saturated rings. The molecule has 2 aromatic rings. The molecule has 1 aliphatic heterocycles. The summed E-state index contributed by atoms with van der Waals surface area (Å²) in [5, 5.41) is 14.4. The molecule has 0 aromatic heterocycles. The molecule has 2 aromatic carbocycles. The number of hydrogen-bond donors (Lipinski definition) is 3. The lowest BCUT2D eigenvalue weighted by atomic mass is 9.90. The highest BCUT2D eigenvalue weighted by Crippen LogP contribution is 2.32. The average molecular weight is 324 g/mol. The van der Waals surface area contributed by atoms with E-state index in [2.05, 4.69) is 10.6 Å². The number of para-hydroxylation sites is 1. The Morgan fingerprint density at radius 2 is 1.83 bits per heavy atom. The highest BCUT2D eigenvalue weighted by Gasteiger charge is 2.30. The first-order chi connectivity index (χ1) is 11.5. The van der Waals surface area contributed by atoms with Crippen molar-refractivity contribution in [2.24, 2.45) is 0 Å². The van der Waals surface area contributed by atoms with E-state index in [1.807, 2.05) is 18.2 Å². The lowest BCUT2D eigenvalue weighted by Gasteiger charge is -2.24. The lowest BCUT2D eigenvalue weighted by Crippen LogP contribution is -2.34. The number of anilines is 1. The molecule has 1 aliphatic rings. The molecule has 1 heterocycles. The maximum Gasteiger partial charge on any atom is 0.335 e. The largest absolute Gasteiger partial charge is 0.478 e. The van der Waals surface area contributed by atoms with Gasteiger partial charge >= 0.3 is 5.97 Å². The maximum absolute atomic E-state index is 12.5. The molecule has 2 amide bonds. The van der Waals surface area contributed by atoms with Gasteiger partial charge in [-0.1, -0.05) is 30.3 Å². The minimum Gasteiger partial charge on any atom is -0.478 e. The number of hydrogen-bond acceptors (Lipinski definition) is 3. The van der Waals surface area contributed by atoms with Gasteiger partial charge in [0.05, 0.1) is 11.5 Å². The Morgan fingerprint density at radius 1 is 1.12 bits per heavy atom. The van der Waals surface area contributed by atoms with Crippen LogP contribution in [-0.2, 0) is 16.1 Å². The molecule has 6 heteroatoms. The van der Waals surface area contributed by atoms with Gasteiger partial charge in [0.2, 0.25) is 11.8 Å². The standard InChI is InChI=1S/C18H16N2O4/c21-16-9-14(13-3-1-2-4-15(13)20-16)17(22)19-10-11-5-7-12(8-6-11)18(23)24/h1-8,14H,9-10H2,(H,19,22)(H,20,21)(H,23,24)/t14-/m0/s1. The van der Waals surface area contributed by atoms with Gasteiger partial charge < -0.3 is 15.7 Å². The van der Waals surface area contributed by atoms with Gasteiger partial charge in [-0.25, -0.2) is 4.79 Å². The summed E-state index contributed by atoms with van der Waals surface area (Å²) < 4.78 is 0. The van der Waals surface area contributed by atoms with Crippen LogP contribution in [0, 0.1) is 0 Å². The molecule has 24 heavy (non-hydrogen) atoms. The number of carbonyl (C=O) groups is 3. The Bertz CT molecular complexity index is 799. The number of aromatic carboxylic acids is 1. The monoisotopic (exact) mass is 324 g/mol. The van der Waals surface area contributed by atoms with Crippen LogP contribution in [0.25, 0.3) is 0 Å².